The molecule has 0 spiro atoms. The molecule has 1 aromatic carbocycles. The summed E-state index contributed by atoms with van der Waals surface area (Å²) in [7, 11) is 0. The zero-order valence-corrected chi connectivity index (χ0v) is 11.1. The van der Waals surface area contributed by atoms with E-state index in [9.17, 15) is 0 Å². The fourth-order valence-corrected chi connectivity index (χ4v) is 2.57. The van der Waals surface area contributed by atoms with Crippen molar-refractivity contribution in [2.24, 2.45) is 5.73 Å². The molecule has 2 N–H and O–H groups in total. The highest BCUT2D eigenvalue weighted by Gasteiger charge is 2.12. The zero-order chi connectivity index (χ0) is 12.3. The van der Waals surface area contributed by atoms with E-state index in [0.717, 1.165) is 29.1 Å². The largest absolute Gasteiger partial charge is 0.319 e. The van der Waals surface area contributed by atoms with Crippen molar-refractivity contribution < 1.29 is 0 Å². The Kier molecular flexibility index (Phi) is 3.92. The number of nitrogens with two attached hydrogens (primary N) is 1. The second-order valence-corrected chi connectivity index (χ2v) is 5.33. The number of hydrogen-bond acceptors (Lipinski definition) is 3. The molecule has 0 aliphatic carbocycles. The Morgan fingerprint density at radius 3 is 2.88 bits per heavy atom. The Morgan fingerprint density at radius 2 is 2.24 bits per heavy atom. The first kappa shape index (κ1) is 12.3. The van der Waals surface area contributed by atoms with Crippen LogP contribution in [-0.4, -0.2) is 4.98 Å². The van der Waals surface area contributed by atoms with Crippen LogP contribution in [0.3, 0.4) is 0 Å². The van der Waals surface area contributed by atoms with Crippen molar-refractivity contribution in [3.63, 3.8) is 0 Å². The van der Waals surface area contributed by atoms with Gasteiger partial charge in [-0.25, -0.2) is 4.98 Å². The van der Waals surface area contributed by atoms with Gasteiger partial charge in [0.2, 0.25) is 0 Å². The van der Waals surface area contributed by atoms with Gasteiger partial charge in [-0.3, -0.25) is 0 Å². The van der Waals surface area contributed by atoms with Gasteiger partial charge in [0.25, 0.3) is 0 Å². The smallest absolute Gasteiger partial charge is 0.0898 e. The summed E-state index contributed by atoms with van der Waals surface area (Å²) in [6.07, 6.45) is 2.27. The SMILES string of the molecule is CCCc1cccc(C(N)c2csc(C)n2)c1. The minimum Gasteiger partial charge on any atom is -0.319 e. The van der Waals surface area contributed by atoms with Crippen LogP contribution in [-0.2, 0) is 6.42 Å². The van der Waals surface area contributed by atoms with Crippen LogP contribution in [0, 0.1) is 6.92 Å². The molecule has 3 heteroatoms. The van der Waals surface area contributed by atoms with E-state index in [-0.39, 0.29) is 6.04 Å². The summed E-state index contributed by atoms with van der Waals surface area (Å²) in [5.41, 5.74) is 9.72. The van der Waals surface area contributed by atoms with Crippen molar-refractivity contribution >= 4 is 11.3 Å². The third-order valence-electron chi connectivity index (χ3n) is 2.80. The van der Waals surface area contributed by atoms with Crippen LogP contribution in [0.1, 0.15) is 41.2 Å². The lowest BCUT2D eigenvalue weighted by atomic mass is 10.0. The quantitative estimate of drug-likeness (QED) is 0.897. The van der Waals surface area contributed by atoms with E-state index in [1.807, 2.05) is 12.3 Å². The van der Waals surface area contributed by atoms with Gasteiger partial charge >= 0.3 is 0 Å². The second kappa shape index (κ2) is 5.43. The predicted molar refractivity (Wildman–Crippen MR) is 73.3 cm³/mol. The highest BCUT2D eigenvalue weighted by Crippen LogP contribution is 2.22. The molecule has 0 bridgehead atoms. The lowest BCUT2D eigenvalue weighted by Crippen LogP contribution is -2.12. The molecule has 90 valence electrons. The Balaban J connectivity index is 2.24. The van der Waals surface area contributed by atoms with E-state index in [1.54, 1.807) is 11.3 Å². The molecule has 0 saturated heterocycles. The van der Waals surface area contributed by atoms with Crippen molar-refractivity contribution in [1.82, 2.24) is 4.98 Å². The average molecular weight is 246 g/mol. The van der Waals surface area contributed by atoms with E-state index in [0.29, 0.717) is 0 Å². The fourth-order valence-electron chi connectivity index (χ4n) is 1.92. The fraction of sp³-hybridized carbons (Fsp3) is 0.357. The monoisotopic (exact) mass is 246 g/mol. The average Bonchev–Trinajstić information content (AvgIpc) is 2.76. The number of thiazole rings is 1. The molecule has 0 fully saturated rings. The van der Waals surface area contributed by atoms with Gasteiger partial charge in [-0.05, 0) is 24.5 Å². The van der Waals surface area contributed by atoms with Crippen LogP contribution in [0.25, 0.3) is 0 Å². The summed E-state index contributed by atoms with van der Waals surface area (Å²) < 4.78 is 0. The summed E-state index contributed by atoms with van der Waals surface area (Å²) in [6.45, 7) is 4.20. The Labute approximate surface area is 107 Å². The standard InChI is InChI=1S/C14H18N2S/c1-3-5-11-6-4-7-12(8-11)14(15)13-9-17-10(2)16-13/h4,6-9,14H,3,5,15H2,1-2H3. The molecular formula is C14H18N2S. The van der Waals surface area contributed by atoms with Crippen LogP contribution in [0.15, 0.2) is 29.6 Å². The van der Waals surface area contributed by atoms with Crippen molar-refractivity contribution in [2.45, 2.75) is 32.7 Å². The van der Waals surface area contributed by atoms with Crippen LogP contribution in [0.2, 0.25) is 0 Å². The maximum atomic E-state index is 6.24. The van der Waals surface area contributed by atoms with Crippen molar-refractivity contribution in [2.75, 3.05) is 0 Å². The van der Waals surface area contributed by atoms with E-state index in [4.69, 9.17) is 5.73 Å². The van der Waals surface area contributed by atoms with Gasteiger partial charge in [-0.2, -0.15) is 0 Å². The summed E-state index contributed by atoms with van der Waals surface area (Å²) in [6, 6.07) is 8.42. The first-order chi connectivity index (χ1) is 8.20. The number of benzene rings is 1. The number of rotatable bonds is 4. The number of aryl methyl sites for hydroxylation is 2. The van der Waals surface area contributed by atoms with Gasteiger partial charge in [-0.15, -0.1) is 11.3 Å². The molecule has 1 aromatic heterocycles. The van der Waals surface area contributed by atoms with Gasteiger partial charge in [0.1, 0.15) is 0 Å². The Hall–Kier alpha value is -1.19. The molecule has 2 aromatic rings. The van der Waals surface area contributed by atoms with Gasteiger partial charge < -0.3 is 5.73 Å². The van der Waals surface area contributed by atoms with Gasteiger partial charge in [0.15, 0.2) is 0 Å². The molecule has 0 amide bonds. The summed E-state index contributed by atoms with van der Waals surface area (Å²) >= 11 is 1.65. The van der Waals surface area contributed by atoms with Crippen LogP contribution in [0.5, 0.6) is 0 Å². The van der Waals surface area contributed by atoms with Gasteiger partial charge in [0, 0.05) is 5.38 Å². The molecule has 2 rings (SSSR count). The highest BCUT2D eigenvalue weighted by atomic mass is 32.1. The van der Waals surface area contributed by atoms with Crippen molar-refractivity contribution in [1.29, 1.82) is 0 Å². The van der Waals surface area contributed by atoms with Gasteiger partial charge in [-0.1, -0.05) is 37.6 Å². The predicted octanol–water partition coefficient (Wildman–Crippen LogP) is 3.45. The first-order valence-electron chi connectivity index (χ1n) is 5.97. The normalized spacial score (nSPS) is 12.6. The third kappa shape index (κ3) is 2.93. The van der Waals surface area contributed by atoms with E-state index >= 15 is 0 Å². The van der Waals surface area contributed by atoms with Gasteiger partial charge in [0.05, 0.1) is 16.7 Å². The van der Waals surface area contributed by atoms with Crippen molar-refractivity contribution in [3.8, 4) is 0 Å². The molecule has 0 radical (unpaired) electrons. The van der Waals surface area contributed by atoms with Crippen LogP contribution in [0.4, 0.5) is 0 Å². The first-order valence-corrected chi connectivity index (χ1v) is 6.85. The summed E-state index contributed by atoms with van der Waals surface area (Å²) in [5, 5.41) is 3.12. The maximum absolute atomic E-state index is 6.24. The lowest BCUT2D eigenvalue weighted by molar-refractivity contribution is 0.827. The number of aromatic nitrogens is 1. The third-order valence-corrected chi connectivity index (χ3v) is 3.60. The molecule has 0 aliphatic heterocycles. The van der Waals surface area contributed by atoms with Crippen molar-refractivity contribution in [3.05, 3.63) is 51.5 Å². The topological polar surface area (TPSA) is 38.9 Å². The zero-order valence-electron chi connectivity index (χ0n) is 10.3. The highest BCUT2D eigenvalue weighted by molar-refractivity contribution is 7.09. The summed E-state index contributed by atoms with van der Waals surface area (Å²) in [4.78, 5) is 4.46. The molecule has 0 saturated carbocycles. The van der Waals surface area contributed by atoms with E-state index < -0.39 is 0 Å². The summed E-state index contributed by atoms with van der Waals surface area (Å²) in [5.74, 6) is 0. The molecular weight excluding hydrogens is 228 g/mol. The van der Waals surface area contributed by atoms with E-state index in [1.165, 1.54) is 5.56 Å². The lowest BCUT2D eigenvalue weighted by Gasteiger charge is -2.10. The minimum atomic E-state index is -0.100. The van der Waals surface area contributed by atoms with Crippen LogP contribution < -0.4 is 5.73 Å². The molecule has 17 heavy (non-hydrogen) atoms. The molecule has 0 aliphatic rings. The van der Waals surface area contributed by atoms with Crippen LogP contribution >= 0.6 is 11.3 Å². The Morgan fingerprint density at radius 1 is 1.41 bits per heavy atom. The second-order valence-electron chi connectivity index (χ2n) is 4.26. The maximum Gasteiger partial charge on any atom is 0.0898 e. The molecule has 2 nitrogen and oxygen atoms in total. The molecule has 1 heterocycles. The number of hydrogen-bond donors (Lipinski definition) is 1. The molecule has 1 atom stereocenters. The molecule has 1 unspecified atom stereocenters. The van der Waals surface area contributed by atoms with E-state index in [2.05, 4.69) is 36.2 Å². The number of nitrogens with zero attached hydrogens (tertiary/aromatic N) is 1. The Bertz CT molecular complexity index is 490. The minimum absolute atomic E-state index is 0.100.